The predicted molar refractivity (Wildman–Crippen MR) is 141 cm³/mol. The van der Waals surface area contributed by atoms with Crippen molar-refractivity contribution in [3.8, 4) is 23.1 Å². The van der Waals surface area contributed by atoms with E-state index in [0.29, 0.717) is 31.4 Å². The van der Waals surface area contributed by atoms with Gasteiger partial charge in [-0.05, 0) is 68.1 Å². The lowest BCUT2D eigenvalue weighted by atomic mass is 10.1. The van der Waals surface area contributed by atoms with Gasteiger partial charge in [0.2, 0.25) is 5.88 Å². The number of nitrogens with zero attached hydrogens (tertiary/aromatic N) is 3. The van der Waals surface area contributed by atoms with Gasteiger partial charge in [0.05, 0.1) is 30.2 Å². The van der Waals surface area contributed by atoms with Crippen molar-refractivity contribution in [1.29, 1.82) is 0 Å². The fraction of sp³-hybridized carbons (Fsp3) is 0.300. The second-order valence-electron chi connectivity index (χ2n) is 9.40. The average molecular weight is 484 g/mol. The molecular formula is C30H33N3O3. The van der Waals surface area contributed by atoms with Crippen LogP contribution in [0, 0.1) is 6.92 Å². The number of methoxy groups -OCH3 is 1. The fourth-order valence-electron chi connectivity index (χ4n) is 4.53. The van der Waals surface area contributed by atoms with Crippen molar-refractivity contribution in [1.82, 2.24) is 14.7 Å². The van der Waals surface area contributed by atoms with Crippen LogP contribution in [0.25, 0.3) is 5.69 Å². The predicted octanol–water partition coefficient (Wildman–Crippen LogP) is 5.55. The molecule has 0 radical (unpaired) electrons. The van der Waals surface area contributed by atoms with E-state index >= 15 is 0 Å². The lowest BCUT2D eigenvalue weighted by Gasteiger charge is -2.25. The molecule has 0 aliphatic heterocycles. The Morgan fingerprint density at radius 1 is 0.944 bits per heavy atom. The number of aryl methyl sites for hydroxylation is 1. The van der Waals surface area contributed by atoms with Crippen LogP contribution in [0.5, 0.6) is 17.4 Å². The topological polar surface area (TPSA) is 59.8 Å². The second kappa shape index (κ2) is 11.0. The van der Waals surface area contributed by atoms with E-state index in [2.05, 4.69) is 17.0 Å². The van der Waals surface area contributed by atoms with Gasteiger partial charge in [-0.3, -0.25) is 4.90 Å². The summed E-state index contributed by atoms with van der Waals surface area (Å²) >= 11 is 0. The summed E-state index contributed by atoms with van der Waals surface area (Å²) in [6.07, 6.45) is 2.50. The molecule has 0 amide bonds. The third-order valence-electron chi connectivity index (χ3n) is 6.60. The number of aliphatic hydroxyl groups excluding tert-OH is 1. The molecular weight excluding hydrogens is 450 g/mol. The van der Waals surface area contributed by atoms with Crippen LogP contribution < -0.4 is 9.47 Å². The standard InChI is InChI=1S/C30H33N3O3/c1-22-29(21-32(24-13-14-24)20-26(34)19-23-9-5-3-6-10-23)30(33(31-22)25-11-7-4-8-12-25)36-28-17-15-27(35-2)16-18-28/h3-12,15-18,24,26,34H,13-14,19-21H2,1-2H3/t26-/m0/s1. The number of benzene rings is 3. The third-order valence-corrected chi connectivity index (χ3v) is 6.60. The zero-order valence-corrected chi connectivity index (χ0v) is 20.9. The van der Waals surface area contributed by atoms with Crippen molar-refractivity contribution >= 4 is 0 Å². The van der Waals surface area contributed by atoms with Crippen LogP contribution in [0.3, 0.4) is 0 Å². The highest BCUT2D eigenvalue weighted by molar-refractivity contribution is 5.44. The summed E-state index contributed by atoms with van der Waals surface area (Å²) in [5, 5.41) is 15.8. The number of hydrogen-bond donors (Lipinski definition) is 1. The molecule has 186 valence electrons. The third kappa shape index (κ3) is 5.78. The van der Waals surface area contributed by atoms with E-state index in [1.807, 2.05) is 84.4 Å². The SMILES string of the molecule is COc1ccc(Oc2c(CN(C[C@@H](O)Cc3ccccc3)C3CC3)c(C)nn2-c2ccccc2)cc1. The van der Waals surface area contributed by atoms with E-state index in [4.69, 9.17) is 14.6 Å². The van der Waals surface area contributed by atoms with Crippen LogP contribution >= 0.6 is 0 Å². The summed E-state index contributed by atoms with van der Waals surface area (Å²) in [6, 6.07) is 28.3. The molecule has 0 saturated heterocycles. The quantitative estimate of drug-likeness (QED) is 0.303. The fourth-order valence-corrected chi connectivity index (χ4v) is 4.53. The van der Waals surface area contributed by atoms with E-state index in [-0.39, 0.29) is 0 Å². The average Bonchev–Trinajstić information content (AvgIpc) is 3.71. The van der Waals surface area contributed by atoms with Crippen LogP contribution in [0.2, 0.25) is 0 Å². The van der Waals surface area contributed by atoms with E-state index < -0.39 is 6.10 Å². The van der Waals surface area contributed by atoms with E-state index in [1.54, 1.807) is 7.11 Å². The lowest BCUT2D eigenvalue weighted by Crippen LogP contribution is -2.35. The molecule has 6 nitrogen and oxygen atoms in total. The smallest absolute Gasteiger partial charge is 0.227 e. The maximum absolute atomic E-state index is 10.9. The molecule has 0 bridgehead atoms. The summed E-state index contributed by atoms with van der Waals surface area (Å²) in [5.74, 6) is 2.20. The van der Waals surface area contributed by atoms with Crippen molar-refractivity contribution < 1.29 is 14.6 Å². The van der Waals surface area contributed by atoms with Gasteiger partial charge in [-0.2, -0.15) is 5.10 Å². The number of hydrogen-bond acceptors (Lipinski definition) is 5. The van der Waals surface area contributed by atoms with Gasteiger partial charge in [0.1, 0.15) is 11.5 Å². The van der Waals surface area contributed by atoms with Crippen molar-refractivity contribution in [3.05, 3.63) is 102 Å². The maximum Gasteiger partial charge on any atom is 0.227 e. The molecule has 1 heterocycles. The molecule has 1 saturated carbocycles. The van der Waals surface area contributed by atoms with Crippen LogP contribution in [0.1, 0.15) is 29.7 Å². The molecule has 1 fully saturated rings. The van der Waals surface area contributed by atoms with Crippen LogP contribution in [0.15, 0.2) is 84.9 Å². The number of aliphatic hydroxyl groups is 1. The highest BCUT2D eigenvalue weighted by Crippen LogP contribution is 2.35. The number of aromatic nitrogens is 2. The van der Waals surface area contributed by atoms with Crippen molar-refractivity contribution in [2.24, 2.45) is 0 Å². The normalized spacial score (nSPS) is 14.1. The van der Waals surface area contributed by atoms with Gasteiger partial charge in [-0.1, -0.05) is 48.5 Å². The number of rotatable bonds is 11. The minimum Gasteiger partial charge on any atom is -0.497 e. The first-order valence-corrected chi connectivity index (χ1v) is 12.5. The van der Waals surface area contributed by atoms with Crippen molar-refractivity contribution in [2.45, 2.75) is 44.9 Å². The van der Waals surface area contributed by atoms with Crippen molar-refractivity contribution in [2.75, 3.05) is 13.7 Å². The molecule has 36 heavy (non-hydrogen) atoms. The second-order valence-corrected chi connectivity index (χ2v) is 9.40. The summed E-state index contributed by atoms with van der Waals surface area (Å²) in [7, 11) is 1.65. The van der Waals surface area contributed by atoms with E-state index in [9.17, 15) is 5.11 Å². The summed E-state index contributed by atoms with van der Waals surface area (Å²) in [6.45, 7) is 3.30. The largest absolute Gasteiger partial charge is 0.497 e. The Bertz CT molecular complexity index is 1250. The van der Waals surface area contributed by atoms with Crippen molar-refractivity contribution in [3.63, 3.8) is 0 Å². The highest BCUT2D eigenvalue weighted by Gasteiger charge is 2.32. The Kier molecular flexibility index (Phi) is 7.35. The summed E-state index contributed by atoms with van der Waals surface area (Å²) in [4.78, 5) is 2.38. The molecule has 1 atom stereocenters. The number of ether oxygens (including phenoxy) is 2. The zero-order chi connectivity index (χ0) is 24.9. The Labute approximate surface area is 212 Å². The summed E-state index contributed by atoms with van der Waals surface area (Å²) < 4.78 is 13.7. The Morgan fingerprint density at radius 2 is 1.58 bits per heavy atom. The Hall–Kier alpha value is -3.61. The molecule has 0 unspecified atom stereocenters. The van der Waals surface area contributed by atoms with E-state index in [0.717, 1.165) is 46.8 Å². The molecule has 4 aromatic rings. The van der Waals surface area contributed by atoms with E-state index in [1.165, 1.54) is 0 Å². The van der Waals surface area contributed by atoms with Gasteiger partial charge in [-0.25, -0.2) is 4.68 Å². The lowest BCUT2D eigenvalue weighted by molar-refractivity contribution is 0.103. The van der Waals surface area contributed by atoms with Gasteiger partial charge in [0, 0.05) is 19.1 Å². The first-order chi connectivity index (χ1) is 17.6. The van der Waals surface area contributed by atoms with Crippen LogP contribution in [0.4, 0.5) is 0 Å². The molecule has 1 N–H and O–H groups in total. The molecule has 3 aromatic carbocycles. The minimum atomic E-state index is -0.441. The Balaban J connectivity index is 1.43. The Morgan fingerprint density at radius 3 is 2.22 bits per heavy atom. The maximum atomic E-state index is 10.9. The van der Waals surface area contributed by atoms with Gasteiger partial charge < -0.3 is 14.6 Å². The molecule has 1 aliphatic carbocycles. The highest BCUT2D eigenvalue weighted by atomic mass is 16.5. The van der Waals surface area contributed by atoms with Gasteiger partial charge in [-0.15, -0.1) is 0 Å². The van der Waals surface area contributed by atoms with Gasteiger partial charge >= 0.3 is 0 Å². The van der Waals surface area contributed by atoms with Crippen LogP contribution in [-0.4, -0.2) is 45.6 Å². The molecule has 0 spiro atoms. The monoisotopic (exact) mass is 483 g/mol. The number of para-hydroxylation sites is 1. The molecule has 6 heteroatoms. The molecule has 1 aromatic heterocycles. The first-order valence-electron chi connectivity index (χ1n) is 12.5. The first kappa shape index (κ1) is 24.1. The zero-order valence-electron chi connectivity index (χ0n) is 20.9. The summed E-state index contributed by atoms with van der Waals surface area (Å²) in [5.41, 5.74) is 4.05. The van der Waals surface area contributed by atoms with Crippen LogP contribution in [-0.2, 0) is 13.0 Å². The molecule has 1 aliphatic rings. The molecule has 5 rings (SSSR count). The van der Waals surface area contributed by atoms with Gasteiger partial charge in [0.15, 0.2) is 0 Å². The minimum absolute atomic E-state index is 0.441. The van der Waals surface area contributed by atoms with Gasteiger partial charge in [0.25, 0.3) is 0 Å².